The lowest BCUT2D eigenvalue weighted by Gasteiger charge is -2.13. The van der Waals surface area contributed by atoms with Crippen LogP contribution < -0.4 is 5.73 Å². The van der Waals surface area contributed by atoms with Gasteiger partial charge in [-0.25, -0.2) is 0 Å². The van der Waals surface area contributed by atoms with Crippen molar-refractivity contribution in [2.45, 2.75) is 6.54 Å². The van der Waals surface area contributed by atoms with Crippen molar-refractivity contribution >= 4 is 39.3 Å². The molecule has 1 radical (unpaired) electrons. The van der Waals surface area contributed by atoms with Crippen LogP contribution in [0.4, 0.5) is 0 Å². The lowest BCUT2D eigenvalue weighted by Crippen LogP contribution is -2.11. The molecule has 0 saturated heterocycles. The van der Waals surface area contributed by atoms with E-state index in [0.717, 1.165) is 38.5 Å². The fourth-order valence-corrected chi connectivity index (χ4v) is 4.42. The SMILES string of the molecule is NC(=O)c1cccc2c1c1[c]ccc(Cl)c1n2Cc1ccccc1-c1ccccc1. The van der Waals surface area contributed by atoms with Gasteiger partial charge in [0.15, 0.2) is 0 Å². The molecule has 0 aliphatic rings. The maximum Gasteiger partial charge on any atom is 0.249 e. The van der Waals surface area contributed by atoms with Crippen LogP contribution >= 0.6 is 11.6 Å². The number of nitrogens with zero attached hydrogens (tertiary/aromatic N) is 1. The molecular weight excluding hydrogens is 392 g/mol. The molecule has 5 aromatic rings. The average molecular weight is 410 g/mol. The van der Waals surface area contributed by atoms with Gasteiger partial charge in [-0.05, 0) is 41.0 Å². The number of amides is 1. The maximum atomic E-state index is 12.1. The largest absolute Gasteiger partial charge is 0.366 e. The second-order valence-electron chi connectivity index (χ2n) is 7.22. The van der Waals surface area contributed by atoms with Gasteiger partial charge < -0.3 is 10.3 Å². The number of fused-ring (bicyclic) bond motifs is 3. The molecule has 0 bridgehead atoms. The molecule has 30 heavy (non-hydrogen) atoms. The Hall–Kier alpha value is -3.56. The van der Waals surface area contributed by atoms with Crippen LogP contribution in [0.1, 0.15) is 15.9 Å². The summed E-state index contributed by atoms with van der Waals surface area (Å²) in [6.45, 7) is 0.602. The molecule has 2 N–H and O–H groups in total. The Labute approximate surface area is 179 Å². The number of rotatable bonds is 4. The predicted octanol–water partition coefficient (Wildman–Crippen LogP) is 6.06. The summed E-state index contributed by atoms with van der Waals surface area (Å²) in [6.07, 6.45) is 0. The van der Waals surface area contributed by atoms with Gasteiger partial charge in [0.1, 0.15) is 0 Å². The van der Waals surface area contributed by atoms with Crippen molar-refractivity contribution in [1.82, 2.24) is 4.57 Å². The second-order valence-corrected chi connectivity index (χ2v) is 7.63. The van der Waals surface area contributed by atoms with Gasteiger partial charge in [-0.2, -0.15) is 0 Å². The normalized spacial score (nSPS) is 11.2. The molecule has 1 heterocycles. The smallest absolute Gasteiger partial charge is 0.249 e. The van der Waals surface area contributed by atoms with Crippen LogP contribution in [-0.2, 0) is 6.54 Å². The molecule has 0 fully saturated rings. The Balaban J connectivity index is 1.79. The summed E-state index contributed by atoms with van der Waals surface area (Å²) in [5.74, 6) is -0.460. The number of nitrogens with two attached hydrogens (primary N) is 1. The third kappa shape index (κ3) is 2.95. The molecule has 0 unspecified atom stereocenters. The summed E-state index contributed by atoms with van der Waals surface area (Å²) < 4.78 is 2.15. The van der Waals surface area contributed by atoms with Crippen LogP contribution in [0.25, 0.3) is 32.9 Å². The third-order valence-corrected chi connectivity index (χ3v) is 5.77. The van der Waals surface area contributed by atoms with Crippen LogP contribution in [0.15, 0.2) is 84.9 Å². The fraction of sp³-hybridized carbons (Fsp3) is 0.0385. The van der Waals surface area contributed by atoms with Gasteiger partial charge in [-0.15, -0.1) is 0 Å². The zero-order chi connectivity index (χ0) is 20.7. The minimum Gasteiger partial charge on any atom is -0.366 e. The standard InChI is InChI=1S/C26H18ClN2O/c27-22-14-6-12-20-24-21(26(28)30)13-7-15-23(24)29(25(20)22)16-18-10-4-5-11-19(18)17-8-2-1-3-9-17/h1-11,13-15H,16H2,(H2,28,30). The highest BCUT2D eigenvalue weighted by atomic mass is 35.5. The Morgan fingerprint density at radius 1 is 0.933 bits per heavy atom. The molecule has 1 aromatic heterocycles. The lowest BCUT2D eigenvalue weighted by atomic mass is 9.99. The first-order chi connectivity index (χ1) is 14.6. The highest BCUT2D eigenvalue weighted by molar-refractivity contribution is 6.36. The minimum atomic E-state index is -0.460. The van der Waals surface area contributed by atoms with Gasteiger partial charge in [-0.1, -0.05) is 78.3 Å². The number of hydrogen-bond donors (Lipinski definition) is 1. The molecule has 0 aliphatic heterocycles. The summed E-state index contributed by atoms with van der Waals surface area (Å²) in [5, 5.41) is 2.22. The van der Waals surface area contributed by atoms with Crippen LogP contribution in [0.3, 0.4) is 0 Å². The van der Waals surface area contributed by atoms with E-state index < -0.39 is 5.91 Å². The molecule has 5 rings (SSSR count). The van der Waals surface area contributed by atoms with Crippen LogP contribution in [0.2, 0.25) is 5.02 Å². The van der Waals surface area contributed by atoms with E-state index in [0.29, 0.717) is 17.1 Å². The molecule has 1 amide bonds. The molecule has 4 aromatic carbocycles. The van der Waals surface area contributed by atoms with E-state index in [1.165, 1.54) is 0 Å². The molecule has 0 spiro atoms. The first-order valence-corrected chi connectivity index (χ1v) is 10.1. The van der Waals surface area contributed by atoms with E-state index in [1.807, 2.05) is 48.5 Å². The zero-order valence-corrected chi connectivity index (χ0v) is 16.9. The predicted molar refractivity (Wildman–Crippen MR) is 123 cm³/mol. The molecule has 0 saturated carbocycles. The summed E-state index contributed by atoms with van der Waals surface area (Å²) in [7, 11) is 0. The number of benzene rings is 4. The second kappa shape index (κ2) is 7.36. The molecule has 0 aliphatic carbocycles. The maximum absolute atomic E-state index is 12.1. The van der Waals surface area contributed by atoms with Crippen LogP contribution in [0, 0.1) is 6.07 Å². The van der Waals surface area contributed by atoms with Crippen molar-refractivity contribution in [2.24, 2.45) is 5.73 Å². The molecule has 145 valence electrons. The Bertz CT molecular complexity index is 1400. The van der Waals surface area contributed by atoms with Crippen molar-refractivity contribution in [1.29, 1.82) is 0 Å². The van der Waals surface area contributed by atoms with Gasteiger partial charge in [-0.3, -0.25) is 4.79 Å². The summed E-state index contributed by atoms with van der Waals surface area (Å²) in [4.78, 5) is 12.1. The fourth-order valence-electron chi connectivity index (χ4n) is 4.16. The highest BCUT2D eigenvalue weighted by Gasteiger charge is 2.19. The first kappa shape index (κ1) is 18.5. The van der Waals surface area contributed by atoms with Gasteiger partial charge in [0.2, 0.25) is 5.91 Å². The van der Waals surface area contributed by atoms with E-state index in [4.69, 9.17) is 17.3 Å². The van der Waals surface area contributed by atoms with Crippen molar-refractivity contribution < 1.29 is 4.79 Å². The number of carbonyl (C=O) groups excluding carboxylic acids is 1. The van der Waals surface area contributed by atoms with Crippen molar-refractivity contribution in [3.05, 3.63) is 107 Å². The van der Waals surface area contributed by atoms with Crippen LogP contribution in [0.5, 0.6) is 0 Å². The van der Waals surface area contributed by atoms with Crippen molar-refractivity contribution in [2.75, 3.05) is 0 Å². The van der Waals surface area contributed by atoms with Gasteiger partial charge >= 0.3 is 0 Å². The number of hydrogen-bond acceptors (Lipinski definition) is 1. The van der Waals surface area contributed by atoms with Gasteiger partial charge in [0.05, 0.1) is 16.1 Å². The van der Waals surface area contributed by atoms with Gasteiger partial charge in [0.25, 0.3) is 0 Å². The monoisotopic (exact) mass is 409 g/mol. The third-order valence-electron chi connectivity index (χ3n) is 5.47. The van der Waals surface area contributed by atoms with Crippen molar-refractivity contribution in [3.63, 3.8) is 0 Å². The summed E-state index contributed by atoms with van der Waals surface area (Å²) >= 11 is 6.63. The first-order valence-electron chi connectivity index (χ1n) is 9.69. The van der Waals surface area contributed by atoms with E-state index in [9.17, 15) is 4.79 Å². The molecule has 3 nitrogen and oxygen atoms in total. The van der Waals surface area contributed by atoms with Gasteiger partial charge in [0, 0.05) is 22.9 Å². The summed E-state index contributed by atoms with van der Waals surface area (Å²) in [5.41, 5.74) is 11.4. The average Bonchev–Trinajstić information content (AvgIpc) is 3.10. The zero-order valence-electron chi connectivity index (χ0n) is 16.1. The molecule has 0 atom stereocenters. The van der Waals surface area contributed by atoms with Crippen LogP contribution in [-0.4, -0.2) is 10.5 Å². The number of aromatic nitrogens is 1. The lowest BCUT2D eigenvalue weighted by molar-refractivity contribution is 0.100. The molecule has 4 heteroatoms. The Morgan fingerprint density at radius 3 is 2.50 bits per heavy atom. The highest BCUT2D eigenvalue weighted by Crippen LogP contribution is 2.36. The van der Waals surface area contributed by atoms with E-state index in [-0.39, 0.29) is 0 Å². The number of carbonyl (C=O) groups is 1. The molecular formula is C26H18ClN2O. The Morgan fingerprint density at radius 2 is 1.70 bits per heavy atom. The van der Waals surface area contributed by atoms with E-state index in [2.05, 4.69) is 34.9 Å². The topological polar surface area (TPSA) is 48.0 Å². The number of primary amides is 1. The quantitative estimate of drug-likeness (QED) is 0.385. The number of halogens is 1. The Kier molecular flexibility index (Phi) is 4.53. The minimum absolute atomic E-state index is 0.460. The van der Waals surface area contributed by atoms with E-state index >= 15 is 0 Å². The van der Waals surface area contributed by atoms with E-state index in [1.54, 1.807) is 12.1 Å². The van der Waals surface area contributed by atoms with Crippen molar-refractivity contribution in [3.8, 4) is 11.1 Å². The summed E-state index contributed by atoms with van der Waals surface area (Å²) in [6, 6.07) is 31.1.